The van der Waals surface area contributed by atoms with E-state index in [1.807, 2.05) is 4.90 Å². The molecular weight excluding hydrogens is 290 g/mol. The first-order valence-corrected chi connectivity index (χ1v) is 9.92. The molecule has 132 valence electrons. The van der Waals surface area contributed by atoms with Crippen LogP contribution in [-0.4, -0.2) is 41.9 Å². The molecule has 3 fully saturated rings. The van der Waals surface area contributed by atoms with Crippen LogP contribution in [0.2, 0.25) is 0 Å². The van der Waals surface area contributed by atoms with Gasteiger partial charge in [0.2, 0.25) is 0 Å². The van der Waals surface area contributed by atoms with E-state index in [0.29, 0.717) is 18.8 Å². The average molecular weight is 323 g/mol. The summed E-state index contributed by atoms with van der Waals surface area (Å²) < 4.78 is 10.9. The van der Waals surface area contributed by atoms with Gasteiger partial charge in [-0.05, 0) is 12.8 Å². The van der Waals surface area contributed by atoms with E-state index in [4.69, 9.17) is 9.47 Å². The van der Waals surface area contributed by atoms with Crippen LogP contribution in [0.3, 0.4) is 0 Å². The van der Waals surface area contributed by atoms with Crippen molar-refractivity contribution in [2.75, 3.05) is 6.61 Å². The summed E-state index contributed by atoms with van der Waals surface area (Å²) in [5.74, 6) is 0. The van der Waals surface area contributed by atoms with Crippen LogP contribution in [0.15, 0.2) is 0 Å². The number of piperidine rings is 1. The van der Waals surface area contributed by atoms with Crippen LogP contribution < -0.4 is 0 Å². The third kappa shape index (κ3) is 4.40. The number of rotatable bonds is 11. The molecule has 0 aromatic carbocycles. The lowest BCUT2D eigenvalue weighted by molar-refractivity contribution is 0.131. The lowest BCUT2D eigenvalue weighted by Crippen LogP contribution is -2.49. The first kappa shape index (κ1) is 17.1. The molecule has 3 aliphatic heterocycles. The second-order valence-electron chi connectivity index (χ2n) is 7.55. The normalized spacial score (nSPS) is 31.7. The Morgan fingerprint density at radius 3 is 2.35 bits per heavy atom. The highest BCUT2D eigenvalue weighted by Crippen LogP contribution is 2.42. The van der Waals surface area contributed by atoms with Crippen molar-refractivity contribution < 1.29 is 14.3 Å². The summed E-state index contributed by atoms with van der Waals surface area (Å²) in [6.07, 6.45) is 16.3. The number of ether oxygens (including phenoxy) is 2. The molecule has 4 heteroatoms. The molecule has 0 aromatic heterocycles. The van der Waals surface area contributed by atoms with Gasteiger partial charge in [0, 0.05) is 6.04 Å². The van der Waals surface area contributed by atoms with Crippen molar-refractivity contribution in [2.24, 2.45) is 0 Å². The topological polar surface area (TPSA) is 42.1 Å². The maximum absolute atomic E-state index is 11.9. The number of hydrogen-bond acceptors (Lipinski definition) is 3. The molecule has 3 aliphatic rings. The maximum Gasteiger partial charge on any atom is 0.410 e. The Labute approximate surface area is 140 Å². The number of amides is 1. The zero-order valence-electron chi connectivity index (χ0n) is 14.7. The monoisotopic (exact) mass is 323 g/mol. The zero-order valence-corrected chi connectivity index (χ0v) is 14.7. The fraction of sp³-hybridized carbons (Fsp3) is 0.947. The molecule has 23 heavy (non-hydrogen) atoms. The Balaban J connectivity index is 1.24. The number of carbonyl (C=O) groups excluding carboxylic acids is 1. The van der Waals surface area contributed by atoms with E-state index in [2.05, 4.69) is 6.92 Å². The second kappa shape index (κ2) is 8.36. The van der Waals surface area contributed by atoms with Crippen LogP contribution >= 0.6 is 0 Å². The third-order valence-electron chi connectivity index (χ3n) is 5.74. The molecule has 0 aromatic rings. The first-order chi connectivity index (χ1) is 11.3. The quantitative estimate of drug-likeness (QED) is 0.410. The maximum atomic E-state index is 11.9. The van der Waals surface area contributed by atoms with Crippen molar-refractivity contribution in [1.82, 2.24) is 4.90 Å². The Morgan fingerprint density at radius 1 is 1.00 bits per heavy atom. The van der Waals surface area contributed by atoms with Crippen molar-refractivity contribution in [2.45, 2.75) is 108 Å². The van der Waals surface area contributed by atoms with Crippen LogP contribution in [0.4, 0.5) is 4.79 Å². The van der Waals surface area contributed by atoms with E-state index < -0.39 is 0 Å². The van der Waals surface area contributed by atoms with Crippen molar-refractivity contribution in [3.63, 3.8) is 0 Å². The van der Waals surface area contributed by atoms with E-state index in [0.717, 1.165) is 12.8 Å². The van der Waals surface area contributed by atoms with Crippen LogP contribution in [0.5, 0.6) is 0 Å². The molecule has 3 saturated heterocycles. The first-order valence-electron chi connectivity index (χ1n) is 9.92. The van der Waals surface area contributed by atoms with E-state index in [-0.39, 0.29) is 18.2 Å². The minimum atomic E-state index is -0.110. The van der Waals surface area contributed by atoms with Crippen LogP contribution in [0.1, 0.15) is 84.0 Å². The zero-order chi connectivity index (χ0) is 16.1. The molecule has 0 unspecified atom stereocenters. The molecule has 4 atom stereocenters. The van der Waals surface area contributed by atoms with Gasteiger partial charge in [0.15, 0.2) is 0 Å². The Morgan fingerprint density at radius 2 is 1.65 bits per heavy atom. The second-order valence-corrected chi connectivity index (χ2v) is 7.55. The Bertz CT molecular complexity index is 387. The molecule has 0 aliphatic carbocycles. The molecule has 1 amide bonds. The van der Waals surface area contributed by atoms with Crippen molar-refractivity contribution in [3.8, 4) is 0 Å². The fourth-order valence-electron chi connectivity index (χ4n) is 4.31. The van der Waals surface area contributed by atoms with E-state index in [1.54, 1.807) is 0 Å². The minimum absolute atomic E-state index is 0.110. The summed E-state index contributed by atoms with van der Waals surface area (Å²) in [4.78, 5) is 13.9. The van der Waals surface area contributed by atoms with Crippen molar-refractivity contribution >= 4 is 6.09 Å². The van der Waals surface area contributed by atoms with Gasteiger partial charge in [-0.3, -0.25) is 4.90 Å². The third-order valence-corrected chi connectivity index (χ3v) is 5.74. The molecule has 3 heterocycles. The van der Waals surface area contributed by atoms with Gasteiger partial charge < -0.3 is 9.47 Å². The number of unbranched alkanes of at least 4 members (excludes halogenated alkanes) is 9. The van der Waals surface area contributed by atoms with Gasteiger partial charge in [-0.1, -0.05) is 71.1 Å². The molecule has 0 spiro atoms. The van der Waals surface area contributed by atoms with Gasteiger partial charge in [0.25, 0.3) is 0 Å². The number of hydrogen-bond donors (Lipinski definition) is 0. The van der Waals surface area contributed by atoms with E-state index >= 15 is 0 Å². The van der Waals surface area contributed by atoms with Gasteiger partial charge in [0.05, 0.1) is 12.1 Å². The average Bonchev–Trinajstić information content (AvgIpc) is 3.23. The summed E-state index contributed by atoms with van der Waals surface area (Å²) in [7, 11) is 0. The molecule has 0 N–H and O–H groups in total. The smallest absolute Gasteiger partial charge is 0.410 e. The lowest BCUT2D eigenvalue weighted by atomic mass is 9.93. The highest BCUT2D eigenvalue weighted by molar-refractivity contribution is 5.71. The Kier molecular flexibility index (Phi) is 6.21. The predicted octanol–water partition coefficient (Wildman–Crippen LogP) is 4.66. The van der Waals surface area contributed by atoms with E-state index in [1.165, 1.54) is 64.2 Å². The molecule has 0 saturated carbocycles. The highest BCUT2D eigenvalue weighted by Gasteiger charge is 2.58. The molecular formula is C19H33NO3. The Hall–Kier alpha value is -0.770. The predicted molar refractivity (Wildman–Crippen MR) is 90.5 cm³/mol. The number of fused-ring (bicyclic) bond motifs is 3. The number of epoxide rings is 1. The SMILES string of the molecule is CCCCCCCCCCCC[C@H]1C[C@H]2O[C@H]2[C@@H]2COC(=O)N12. The molecule has 0 radical (unpaired) electrons. The largest absolute Gasteiger partial charge is 0.447 e. The summed E-state index contributed by atoms with van der Waals surface area (Å²) in [5, 5.41) is 0. The van der Waals surface area contributed by atoms with Crippen molar-refractivity contribution in [1.29, 1.82) is 0 Å². The van der Waals surface area contributed by atoms with Crippen LogP contribution in [0, 0.1) is 0 Å². The van der Waals surface area contributed by atoms with E-state index in [9.17, 15) is 4.79 Å². The fourth-order valence-corrected chi connectivity index (χ4v) is 4.31. The van der Waals surface area contributed by atoms with Gasteiger partial charge in [-0.15, -0.1) is 0 Å². The molecule has 3 rings (SSSR count). The van der Waals surface area contributed by atoms with Gasteiger partial charge in [-0.25, -0.2) is 4.79 Å². The highest BCUT2D eigenvalue weighted by atomic mass is 16.6. The van der Waals surface area contributed by atoms with Gasteiger partial charge in [-0.2, -0.15) is 0 Å². The standard InChI is InChI=1S/C19H33NO3/c1-2-3-4-5-6-7-8-9-10-11-12-15-13-17-18(23-17)16-14-22-19(21)20(15)16/h15-18H,2-14H2,1H3/t15-,16-,17+,18-/m0/s1. The minimum Gasteiger partial charge on any atom is -0.447 e. The summed E-state index contributed by atoms with van der Waals surface area (Å²) >= 11 is 0. The van der Waals surface area contributed by atoms with Crippen LogP contribution in [0.25, 0.3) is 0 Å². The summed E-state index contributed by atoms with van der Waals surface area (Å²) in [6, 6.07) is 0.558. The number of nitrogens with zero attached hydrogens (tertiary/aromatic N) is 1. The number of cyclic esters (lactones) is 1. The molecule has 0 bridgehead atoms. The summed E-state index contributed by atoms with van der Waals surface area (Å²) in [6.45, 7) is 2.81. The summed E-state index contributed by atoms with van der Waals surface area (Å²) in [5.41, 5.74) is 0. The van der Waals surface area contributed by atoms with Crippen LogP contribution in [-0.2, 0) is 9.47 Å². The number of carbonyl (C=O) groups is 1. The van der Waals surface area contributed by atoms with Crippen molar-refractivity contribution in [3.05, 3.63) is 0 Å². The van der Waals surface area contributed by atoms with Gasteiger partial charge in [0.1, 0.15) is 12.7 Å². The molecule has 4 nitrogen and oxygen atoms in total. The lowest BCUT2D eigenvalue weighted by Gasteiger charge is -2.32. The van der Waals surface area contributed by atoms with Gasteiger partial charge >= 0.3 is 6.09 Å².